The molecule has 0 saturated heterocycles. The first kappa shape index (κ1) is 15.0. The van der Waals surface area contributed by atoms with Gasteiger partial charge in [-0.05, 0) is 6.07 Å². The number of benzene rings is 1. The SMILES string of the molecule is O=C(Cn1ncc2ccccc2c1=O)NOCC(F)(F)F. The third-order valence-electron chi connectivity index (χ3n) is 2.48. The van der Waals surface area contributed by atoms with E-state index in [0.717, 1.165) is 4.68 Å². The molecule has 0 aliphatic rings. The molecule has 2 rings (SSSR count). The molecule has 1 N–H and O–H groups in total. The summed E-state index contributed by atoms with van der Waals surface area (Å²) in [5.41, 5.74) is 1.09. The lowest BCUT2D eigenvalue weighted by Gasteiger charge is -2.09. The van der Waals surface area contributed by atoms with E-state index in [1.54, 1.807) is 29.7 Å². The number of nitrogens with zero attached hydrogens (tertiary/aromatic N) is 2. The van der Waals surface area contributed by atoms with Gasteiger partial charge in [0.1, 0.15) is 6.54 Å². The van der Waals surface area contributed by atoms with Crippen molar-refractivity contribution >= 4 is 16.7 Å². The molecule has 1 aromatic carbocycles. The highest BCUT2D eigenvalue weighted by molar-refractivity contribution is 5.81. The van der Waals surface area contributed by atoms with Gasteiger partial charge in [0.15, 0.2) is 6.61 Å². The summed E-state index contributed by atoms with van der Waals surface area (Å²) in [7, 11) is 0. The van der Waals surface area contributed by atoms with Crippen LogP contribution in [0.25, 0.3) is 10.8 Å². The molecule has 1 aromatic heterocycles. The number of rotatable bonds is 4. The molecule has 0 aliphatic heterocycles. The molecule has 1 amide bonds. The first-order chi connectivity index (χ1) is 9.87. The van der Waals surface area contributed by atoms with Crippen molar-refractivity contribution in [2.45, 2.75) is 12.7 Å². The molecular weight excluding hydrogens is 291 g/mol. The van der Waals surface area contributed by atoms with Crippen molar-refractivity contribution in [2.24, 2.45) is 0 Å². The van der Waals surface area contributed by atoms with Crippen LogP contribution in [0.4, 0.5) is 13.2 Å². The molecule has 6 nitrogen and oxygen atoms in total. The molecular formula is C12H10F3N3O3. The standard InChI is InChI=1S/C12H10F3N3O3/c13-12(14,15)7-21-17-10(19)6-18-11(20)9-4-2-1-3-8(9)5-16-18/h1-5H,6-7H2,(H,17,19). The maximum atomic E-state index is 12.0. The van der Waals surface area contributed by atoms with Gasteiger partial charge in [-0.2, -0.15) is 18.3 Å². The second-order valence-electron chi connectivity index (χ2n) is 4.12. The van der Waals surface area contributed by atoms with Crippen LogP contribution in [0.3, 0.4) is 0 Å². The van der Waals surface area contributed by atoms with Crippen LogP contribution >= 0.6 is 0 Å². The van der Waals surface area contributed by atoms with Gasteiger partial charge in [-0.1, -0.05) is 18.2 Å². The number of hydroxylamine groups is 1. The molecule has 9 heteroatoms. The maximum Gasteiger partial charge on any atom is 0.414 e. The monoisotopic (exact) mass is 301 g/mol. The Kier molecular flexibility index (Phi) is 4.22. The summed E-state index contributed by atoms with van der Waals surface area (Å²) in [5, 5.41) is 4.73. The molecule has 21 heavy (non-hydrogen) atoms. The number of carbonyl (C=O) groups is 1. The van der Waals surface area contributed by atoms with E-state index < -0.39 is 30.8 Å². The van der Waals surface area contributed by atoms with Gasteiger partial charge in [-0.15, -0.1) is 0 Å². The molecule has 0 unspecified atom stereocenters. The lowest BCUT2D eigenvalue weighted by Crippen LogP contribution is -2.35. The van der Waals surface area contributed by atoms with Crippen molar-refractivity contribution in [1.82, 2.24) is 15.3 Å². The third-order valence-corrected chi connectivity index (χ3v) is 2.48. The molecule has 0 radical (unpaired) electrons. The van der Waals surface area contributed by atoms with Crippen LogP contribution in [0.15, 0.2) is 35.3 Å². The largest absolute Gasteiger partial charge is 0.414 e. The lowest BCUT2D eigenvalue weighted by atomic mass is 10.2. The highest BCUT2D eigenvalue weighted by Crippen LogP contribution is 2.13. The lowest BCUT2D eigenvalue weighted by molar-refractivity contribution is -0.191. The Labute approximate surface area is 116 Å². The van der Waals surface area contributed by atoms with Gasteiger partial charge in [-0.3, -0.25) is 14.4 Å². The third kappa shape index (κ3) is 4.02. The Morgan fingerprint density at radius 1 is 1.33 bits per heavy atom. The fourth-order valence-electron chi connectivity index (χ4n) is 1.61. The average Bonchev–Trinajstić information content (AvgIpc) is 2.41. The van der Waals surface area contributed by atoms with E-state index in [-0.39, 0.29) is 0 Å². The van der Waals surface area contributed by atoms with Gasteiger partial charge < -0.3 is 0 Å². The molecule has 0 atom stereocenters. The zero-order valence-corrected chi connectivity index (χ0v) is 10.6. The smallest absolute Gasteiger partial charge is 0.271 e. The topological polar surface area (TPSA) is 73.2 Å². The minimum atomic E-state index is -4.55. The van der Waals surface area contributed by atoms with Crippen LogP contribution in [0.1, 0.15) is 0 Å². The van der Waals surface area contributed by atoms with Crippen molar-refractivity contribution in [2.75, 3.05) is 6.61 Å². The molecule has 2 aromatic rings. The number of hydrogen-bond donors (Lipinski definition) is 1. The van der Waals surface area contributed by atoms with Crippen molar-refractivity contribution in [3.8, 4) is 0 Å². The summed E-state index contributed by atoms with van der Waals surface area (Å²) in [6.45, 7) is -2.15. The summed E-state index contributed by atoms with van der Waals surface area (Å²) >= 11 is 0. The molecule has 0 bridgehead atoms. The van der Waals surface area contributed by atoms with Crippen molar-refractivity contribution in [3.63, 3.8) is 0 Å². The van der Waals surface area contributed by atoms with Crippen LogP contribution in [0.2, 0.25) is 0 Å². The highest BCUT2D eigenvalue weighted by Gasteiger charge is 2.28. The summed E-state index contributed by atoms with van der Waals surface area (Å²) in [4.78, 5) is 27.4. The number of carbonyl (C=O) groups excluding carboxylic acids is 1. The van der Waals surface area contributed by atoms with Crippen LogP contribution in [-0.2, 0) is 16.2 Å². The Morgan fingerprint density at radius 2 is 2.05 bits per heavy atom. The highest BCUT2D eigenvalue weighted by atomic mass is 19.4. The second-order valence-corrected chi connectivity index (χ2v) is 4.12. The number of halogens is 3. The van der Waals surface area contributed by atoms with Gasteiger partial charge in [0, 0.05) is 5.39 Å². The van der Waals surface area contributed by atoms with Crippen molar-refractivity contribution < 1.29 is 22.8 Å². The minimum absolute atomic E-state index is 0.358. The Balaban J connectivity index is 2.05. The summed E-state index contributed by atoms with van der Waals surface area (Å²) in [6, 6.07) is 6.63. The van der Waals surface area contributed by atoms with Gasteiger partial charge in [0.05, 0.1) is 11.6 Å². The van der Waals surface area contributed by atoms with Gasteiger partial charge in [0.25, 0.3) is 11.5 Å². The molecule has 0 spiro atoms. The Hall–Kier alpha value is -2.42. The zero-order valence-electron chi connectivity index (χ0n) is 10.6. The van der Waals surface area contributed by atoms with Crippen LogP contribution in [0, 0.1) is 0 Å². The first-order valence-electron chi connectivity index (χ1n) is 5.79. The van der Waals surface area contributed by atoms with E-state index in [0.29, 0.717) is 10.8 Å². The van der Waals surface area contributed by atoms with Crippen molar-refractivity contribution in [1.29, 1.82) is 0 Å². The normalized spacial score (nSPS) is 11.6. The Morgan fingerprint density at radius 3 is 2.76 bits per heavy atom. The zero-order chi connectivity index (χ0) is 15.5. The number of alkyl halides is 3. The molecule has 1 heterocycles. The fourth-order valence-corrected chi connectivity index (χ4v) is 1.61. The molecule has 0 aliphatic carbocycles. The number of amides is 1. The maximum absolute atomic E-state index is 12.0. The predicted molar refractivity (Wildman–Crippen MR) is 66.2 cm³/mol. The van der Waals surface area contributed by atoms with Gasteiger partial charge >= 0.3 is 6.18 Å². The van der Waals surface area contributed by atoms with E-state index in [4.69, 9.17) is 0 Å². The van der Waals surface area contributed by atoms with Crippen LogP contribution in [0.5, 0.6) is 0 Å². The number of aromatic nitrogens is 2. The molecule has 0 saturated carbocycles. The fraction of sp³-hybridized carbons (Fsp3) is 0.250. The van der Waals surface area contributed by atoms with E-state index in [1.807, 2.05) is 0 Å². The summed E-state index contributed by atoms with van der Waals surface area (Å²) in [5.74, 6) is -0.913. The number of fused-ring (bicyclic) bond motifs is 1. The van der Waals surface area contributed by atoms with E-state index in [9.17, 15) is 22.8 Å². The Bertz CT molecular complexity index is 712. The summed E-state index contributed by atoms with van der Waals surface area (Å²) < 4.78 is 36.3. The number of nitrogens with one attached hydrogen (secondary N) is 1. The average molecular weight is 301 g/mol. The second kappa shape index (κ2) is 5.92. The van der Waals surface area contributed by atoms with Crippen LogP contribution in [-0.4, -0.2) is 28.5 Å². The minimum Gasteiger partial charge on any atom is -0.271 e. The number of hydrogen-bond acceptors (Lipinski definition) is 4. The van der Waals surface area contributed by atoms with E-state index in [1.165, 1.54) is 6.20 Å². The first-order valence-corrected chi connectivity index (χ1v) is 5.79. The quantitative estimate of drug-likeness (QED) is 0.855. The van der Waals surface area contributed by atoms with Gasteiger partial charge in [-0.25, -0.2) is 10.2 Å². The summed E-state index contributed by atoms with van der Waals surface area (Å²) in [6.07, 6.45) is -3.16. The van der Waals surface area contributed by atoms with Crippen molar-refractivity contribution in [3.05, 3.63) is 40.8 Å². The molecule has 0 fully saturated rings. The van der Waals surface area contributed by atoms with Crippen LogP contribution < -0.4 is 11.0 Å². The van der Waals surface area contributed by atoms with Gasteiger partial charge in [0.2, 0.25) is 0 Å². The van der Waals surface area contributed by atoms with E-state index >= 15 is 0 Å². The van der Waals surface area contributed by atoms with E-state index in [2.05, 4.69) is 9.94 Å². The predicted octanol–water partition coefficient (Wildman–Crippen LogP) is 1.01. The molecule has 112 valence electrons.